The Balaban J connectivity index is 1.38. The monoisotopic (exact) mass is 417 g/mol. The number of anilines is 2. The summed E-state index contributed by atoms with van der Waals surface area (Å²) in [5.74, 6) is -0.557. The quantitative estimate of drug-likeness (QED) is 0.759. The highest BCUT2D eigenvalue weighted by Gasteiger charge is 2.33. The molecular formula is C23H26F3N3O. The summed E-state index contributed by atoms with van der Waals surface area (Å²) in [5.41, 5.74) is 0.809. The molecule has 160 valence electrons. The molecule has 2 saturated heterocycles. The molecule has 2 atom stereocenters. The fourth-order valence-electron chi connectivity index (χ4n) is 4.54. The summed E-state index contributed by atoms with van der Waals surface area (Å²) in [5, 5.41) is 2.68. The normalized spacial score (nSPS) is 22.5. The van der Waals surface area contributed by atoms with E-state index in [1.165, 1.54) is 31.5 Å². The van der Waals surface area contributed by atoms with E-state index in [4.69, 9.17) is 0 Å². The molecule has 2 aromatic carbocycles. The number of carbonyl (C=O) groups excluding carboxylic acids is 1. The number of halogens is 3. The summed E-state index contributed by atoms with van der Waals surface area (Å²) < 4.78 is 38.6. The standard InChI is InChI=1S/C23H26F3N3O/c1-16-4-3-12-29(16)21-11-13-28(15-21)20-9-7-19(8-10-20)27-22(30)17-5-2-6-18(14-17)23(24,25)26/h2,5-10,14,16,21H,3-4,11-13,15H2,1H3,(H,27,30). The zero-order valence-corrected chi connectivity index (χ0v) is 17.0. The van der Waals surface area contributed by atoms with Crippen LogP contribution in [0.5, 0.6) is 0 Å². The number of hydrogen-bond donors (Lipinski definition) is 1. The average Bonchev–Trinajstić information content (AvgIpc) is 3.37. The van der Waals surface area contributed by atoms with Gasteiger partial charge < -0.3 is 10.2 Å². The van der Waals surface area contributed by atoms with E-state index in [9.17, 15) is 18.0 Å². The second-order valence-electron chi connectivity index (χ2n) is 8.20. The maximum Gasteiger partial charge on any atom is 0.416 e. The lowest BCUT2D eigenvalue weighted by atomic mass is 10.1. The zero-order valence-electron chi connectivity index (χ0n) is 17.0. The van der Waals surface area contributed by atoms with Gasteiger partial charge in [-0.25, -0.2) is 0 Å². The Kier molecular flexibility index (Phi) is 5.73. The molecule has 4 nitrogen and oxygen atoms in total. The molecule has 0 aliphatic carbocycles. The molecule has 0 saturated carbocycles. The van der Waals surface area contributed by atoms with E-state index in [0.717, 1.165) is 37.3 Å². The molecule has 7 heteroatoms. The van der Waals surface area contributed by atoms with Gasteiger partial charge in [0.15, 0.2) is 0 Å². The minimum absolute atomic E-state index is 0.0176. The van der Waals surface area contributed by atoms with Crippen LogP contribution < -0.4 is 10.2 Å². The van der Waals surface area contributed by atoms with Crippen molar-refractivity contribution >= 4 is 17.3 Å². The molecule has 0 bridgehead atoms. The Morgan fingerprint density at radius 2 is 1.83 bits per heavy atom. The maximum absolute atomic E-state index is 12.9. The van der Waals surface area contributed by atoms with Gasteiger partial charge in [0.05, 0.1) is 5.56 Å². The van der Waals surface area contributed by atoms with Crippen LogP contribution in [0.1, 0.15) is 42.1 Å². The largest absolute Gasteiger partial charge is 0.416 e. The number of alkyl halides is 3. The fourth-order valence-corrected chi connectivity index (χ4v) is 4.54. The number of rotatable bonds is 4. The fraction of sp³-hybridized carbons (Fsp3) is 0.435. The average molecular weight is 417 g/mol. The van der Waals surface area contributed by atoms with Crippen molar-refractivity contribution in [2.75, 3.05) is 29.9 Å². The van der Waals surface area contributed by atoms with Crippen LogP contribution >= 0.6 is 0 Å². The van der Waals surface area contributed by atoms with E-state index in [1.54, 1.807) is 12.1 Å². The molecule has 1 amide bonds. The summed E-state index contributed by atoms with van der Waals surface area (Å²) in [6, 6.07) is 13.2. The molecule has 4 rings (SSSR count). The molecule has 2 aliphatic rings. The molecular weight excluding hydrogens is 391 g/mol. The summed E-state index contributed by atoms with van der Waals surface area (Å²) in [4.78, 5) is 17.3. The van der Waals surface area contributed by atoms with Crippen LogP contribution in [-0.4, -0.2) is 42.5 Å². The highest BCUT2D eigenvalue weighted by Crippen LogP contribution is 2.30. The summed E-state index contributed by atoms with van der Waals surface area (Å²) in [6.07, 6.45) is -0.772. The van der Waals surface area contributed by atoms with Gasteiger partial charge in [0.1, 0.15) is 0 Å². The van der Waals surface area contributed by atoms with Crippen molar-refractivity contribution in [2.45, 2.75) is 44.4 Å². The minimum atomic E-state index is -4.47. The Morgan fingerprint density at radius 1 is 1.07 bits per heavy atom. The van der Waals surface area contributed by atoms with Gasteiger partial charge in [0.2, 0.25) is 0 Å². The second kappa shape index (κ2) is 8.30. The Hall–Kier alpha value is -2.54. The van der Waals surface area contributed by atoms with E-state index < -0.39 is 17.6 Å². The predicted molar refractivity (Wildman–Crippen MR) is 112 cm³/mol. The Bertz CT molecular complexity index is 897. The molecule has 0 spiro atoms. The highest BCUT2D eigenvalue weighted by atomic mass is 19.4. The van der Waals surface area contributed by atoms with Crippen LogP contribution in [0.25, 0.3) is 0 Å². The Labute approximate surface area is 174 Å². The van der Waals surface area contributed by atoms with Gasteiger partial charge in [-0.05, 0) is 75.2 Å². The van der Waals surface area contributed by atoms with Gasteiger partial charge >= 0.3 is 6.18 Å². The van der Waals surface area contributed by atoms with Crippen molar-refractivity contribution < 1.29 is 18.0 Å². The second-order valence-corrected chi connectivity index (χ2v) is 8.20. The first-order valence-electron chi connectivity index (χ1n) is 10.4. The SMILES string of the molecule is CC1CCCN1C1CCN(c2ccc(NC(=O)c3cccc(C(F)(F)F)c3)cc2)C1. The van der Waals surface area contributed by atoms with E-state index >= 15 is 0 Å². The van der Waals surface area contributed by atoms with E-state index in [1.807, 2.05) is 12.1 Å². The topological polar surface area (TPSA) is 35.6 Å². The van der Waals surface area contributed by atoms with Crippen molar-refractivity contribution in [3.05, 3.63) is 59.7 Å². The lowest BCUT2D eigenvalue weighted by molar-refractivity contribution is -0.137. The summed E-state index contributed by atoms with van der Waals surface area (Å²) in [7, 11) is 0. The van der Waals surface area contributed by atoms with Crippen LogP contribution in [0.4, 0.5) is 24.5 Å². The van der Waals surface area contributed by atoms with Crippen LogP contribution in [-0.2, 0) is 6.18 Å². The van der Waals surface area contributed by atoms with Crippen molar-refractivity contribution in [1.82, 2.24) is 4.90 Å². The third kappa shape index (κ3) is 4.46. The van der Waals surface area contributed by atoms with Gasteiger partial charge in [-0.3, -0.25) is 9.69 Å². The molecule has 2 heterocycles. The number of nitrogens with zero attached hydrogens (tertiary/aromatic N) is 2. The number of benzene rings is 2. The van der Waals surface area contributed by atoms with Gasteiger partial charge in [0.25, 0.3) is 5.91 Å². The first kappa shape index (κ1) is 20.7. The van der Waals surface area contributed by atoms with Crippen molar-refractivity contribution in [2.24, 2.45) is 0 Å². The van der Waals surface area contributed by atoms with E-state index in [0.29, 0.717) is 17.8 Å². The smallest absolute Gasteiger partial charge is 0.370 e. The third-order valence-electron chi connectivity index (χ3n) is 6.18. The molecule has 0 aromatic heterocycles. The van der Waals surface area contributed by atoms with Crippen LogP contribution in [0, 0.1) is 0 Å². The van der Waals surface area contributed by atoms with Crippen molar-refractivity contribution in [3.8, 4) is 0 Å². The lowest BCUT2D eigenvalue weighted by Crippen LogP contribution is -2.39. The van der Waals surface area contributed by atoms with Gasteiger partial charge in [0, 0.05) is 42.1 Å². The highest BCUT2D eigenvalue weighted by molar-refractivity contribution is 6.04. The first-order chi connectivity index (χ1) is 14.3. The van der Waals surface area contributed by atoms with Crippen molar-refractivity contribution in [1.29, 1.82) is 0 Å². The van der Waals surface area contributed by atoms with Crippen molar-refractivity contribution in [3.63, 3.8) is 0 Å². The van der Waals surface area contributed by atoms with Gasteiger partial charge in [-0.2, -0.15) is 13.2 Å². The van der Waals surface area contributed by atoms with E-state index in [2.05, 4.69) is 22.0 Å². The maximum atomic E-state index is 12.9. The molecule has 30 heavy (non-hydrogen) atoms. The number of nitrogens with one attached hydrogen (secondary N) is 1. The summed E-state index contributed by atoms with van der Waals surface area (Å²) >= 11 is 0. The number of amides is 1. The summed E-state index contributed by atoms with van der Waals surface area (Å²) in [6.45, 7) is 5.49. The molecule has 2 unspecified atom stereocenters. The zero-order chi connectivity index (χ0) is 21.3. The molecule has 0 radical (unpaired) electrons. The molecule has 2 fully saturated rings. The number of hydrogen-bond acceptors (Lipinski definition) is 3. The number of carbonyl (C=O) groups is 1. The lowest BCUT2D eigenvalue weighted by Gasteiger charge is -2.28. The Morgan fingerprint density at radius 3 is 2.50 bits per heavy atom. The van der Waals surface area contributed by atoms with E-state index in [-0.39, 0.29) is 5.56 Å². The molecule has 1 N–H and O–H groups in total. The minimum Gasteiger partial charge on any atom is -0.370 e. The van der Waals surface area contributed by atoms with Crippen LogP contribution in [0.15, 0.2) is 48.5 Å². The third-order valence-corrected chi connectivity index (χ3v) is 6.18. The van der Waals surface area contributed by atoms with Crippen LogP contribution in [0.2, 0.25) is 0 Å². The predicted octanol–water partition coefficient (Wildman–Crippen LogP) is 5.02. The molecule has 2 aromatic rings. The van der Waals surface area contributed by atoms with Crippen LogP contribution in [0.3, 0.4) is 0 Å². The van der Waals surface area contributed by atoms with Gasteiger partial charge in [-0.1, -0.05) is 6.07 Å². The first-order valence-corrected chi connectivity index (χ1v) is 10.4. The molecule has 2 aliphatic heterocycles. The number of likely N-dealkylation sites (tertiary alicyclic amines) is 1. The van der Waals surface area contributed by atoms with Gasteiger partial charge in [-0.15, -0.1) is 0 Å².